The fraction of sp³-hybridized carbons (Fsp3) is 0.286. The second-order valence-corrected chi connectivity index (χ2v) is 11.4. The van der Waals surface area contributed by atoms with Crippen molar-refractivity contribution in [3.8, 4) is 0 Å². The molecule has 1 aliphatic rings. The van der Waals surface area contributed by atoms with Gasteiger partial charge in [-0.15, -0.1) is 0 Å². The van der Waals surface area contributed by atoms with E-state index < -0.39 is 20.9 Å². The van der Waals surface area contributed by atoms with E-state index in [1.54, 1.807) is 36.4 Å². The molecule has 1 fully saturated rings. The van der Waals surface area contributed by atoms with Gasteiger partial charge in [-0.2, -0.15) is 5.10 Å². The Morgan fingerprint density at radius 2 is 1.77 bits per heavy atom. The standard InChI is InChI=1S/C28H31N5O6S/c1-20-4-9-25(16-21(20)2)32(40(3,37)38)19-22-5-7-23(8-6-22)28(34)30-29-18-24-17-26(33(35)36)10-11-27(24)31-12-14-39-15-13-31/h4-11,16-18H,12-15,19H2,1-3H3,(H,30,34)/b29-18-. The number of morpholine rings is 1. The van der Waals surface area contributed by atoms with Gasteiger partial charge in [0.1, 0.15) is 0 Å². The first kappa shape index (κ1) is 28.7. The molecule has 0 radical (unpaired) electrons. The second kappa shape index (κ2) is 12.3. The maximum atomic E-state index is 12.7. The van der Waals surface area contributed by atoms with Gasteiger partial charge < -0.3 is 9.64 Å². The summed E-state index contributed by atoms with van der Waals surface area (Å²) in [6, 6.07) is 16.6. The van der Waals surface area contributed by atoms with Crippen molar-refractivity contribution in [2.24, 2.45) is 5.10 Å². The molecule has 1 heterocycles. The zero-order chi connectivity index (χ0) is 28.9. The molecule has 0 spiro atoms. The number of hydrogen-bond acceptors (Lipinski definition) is 8. The summed E-state index contributed by atoms with van der Waals surface area (Å²) in [6.07, 6.45) is 2.55. The molecule has 0 bridgehead atoms. The van der Waals surface area contributed by atoms with Crippen molar-refractivity contribution in [2.75, 3.05) is 41.8 Å². The van der Waals surface area contributed by atoms with Crippen LogP contribution in [0.15, 0.2) is 65.8 Å². The molecule has 0 atom stereocenters. The summed E-state index contributed by atoms with van der Waals surface area (Å²) in [6.45, 7) is 6.37. The van der Waals surface area contributed by atoms with Crippen LogP contribution in [0.4, 0.5) is 17.1 Å². The fourth-order valence-electron chi connectivity index (χ4n) is 4.28. The normalized spacial score (nSPS) is 13.8. The highest BCUT2D eigenvalue weighted by atomic mass is 32.2. The molecule has 4 rings (SSSR count). The maximum absolute atomic E-state index is 12.7. The van der Waals surface area contributed by atoms with E-state index in [2.05, 4.69) is 10.5 Å². The molecule has 12 heteroatoms. The predicted octanol–water partition coefficient (Wildman–Crippen LogP) is 3.78. The maximum Gasteiger partial charge on any atom is 0.271 e. The molecule has 0 unspecified atom stereocenters. The van der Waals surface area contributed by atoms with E-state index in [0.29, 0.717) is 48.7 Å². The molecular formula is C28H31N5O6S. The number of carbonyl (C=O) groups is 1. The number of hydrogen-bond donors (Lipinski definition) is 1. The molecule has 3 aromatic carbocycles. The van der Waals surface area contributed by atoms with Gasteiger partial charge in [-0.3, -0.25) is 19.2 Å². The number of aryl methyl sites for hydroxylation is 2. The van der Waals surface area contributed by atoms with Crippen molar-refractivity contribution < 1.29 is 22.9 Å². The molecule has 3 aromatic rings. The van der Waals surface area contributed by atoms with E-state index in [9.17, 15) is 23.3 Å². The number of hydrazone groups is 1. The molecule has 1 saturated heterocycles. The van der Waals surface area contributed by atoms with Crippen LogP contribution >= 0.6 is 0 Å². The van der Waals surface area contributed by atoms with Gasteiger partial charge in [0.25, 0.3) is 11.6 Å². The second-order valence-electron chi connectivity index (χ2n) is 9.53. The number of rotatable bonds is 9. The Morgan fingerprint density at radius 1 is 1.07 bits per heavy atom. The number of nitro groups is 1. The summed E-state index contributed by atoms with van der Waals surface area (Å²) in [5, 5.41) is 15.3. The van der Waals surface area contributed by atoms with Crippen molar-refractivity contribution in [3.63, 3.8) is 0 Å². The third-order valence-corrected chi connectivity index (χ3v) is 7.81. The summed E-state index contributed by atoms with van der Waals surface area (Å²) in [5.41, 5.74) is 7.29. The van der Waals surface area contributed by atoms with E-state index in [1.807, 2.05) is 30.9 Å². The highest BCUT2D eigenvalue weighted by Crippen LogP contribution is 2.26. The predicted molar refractivity (Wildman–Crippen MR) is 155 cm³/mol. The fourth-order valence-corrected chi connectivity index (χ4v) is 5.16. The zero-order valence-corrected chi connectivity index (χ0v) is 23.3. The first-order valence-corrected chi connectivity index (χ1v) is 14.5. The Morgan fingerprint density at radius 3 is 2.40 bits per heavy atom. The SMILES string of the molecule is Cc1ccc(N(Cc2ccc(C(=O)N/N=C\c3cc([N+](=O)[O-])ccc3N3CCOCC3)cc2)S(C)(=O)=O)cc1C. The largest absolute Gasteiger partial charge is 0.378 e. The van der Waals surface area contributed by atoms with Gasteiger partial charge in [-0.25, -0.2) is 13.8 Å². The van der Waals surface area contributed by atoms with Gasteiger partial charge in [0.2, 0.25) is 10.0 Å². The molecule has 210 valence electrons. The van der Waals surface area contributed by atoms with E-state index in [4.69, 9.17) is 4.74 Å². The Hall–Kier alpha value is -4.29. The number of amides is 1. The number of anilines is 2. The third-order valence-electron chi connectivity index (χ3n) is 6.66. The van der Waals surface area contributed by atoms with Crippen molar-refractivity contribution in [2.45, 2.75) is 20.4 Å². The van der Waals surface area contributed by atoms with Crippen molar-refractivity contribution in [3.05, 3.63) is 98.6 Å². The van der Waals surface area contributed by atoms with Gasteiger partial charge in [-0.1, -0.05) is 18.2 Å². The Labute approximate surface area is 233 Å². The van der Waals surface area contributed by atoms with Crippen molar-refractivity contribution in [1.29, 1.82) is 0 Å². The Kier molecular flexibility index (Phi) is 8.80. The van der Waals surface area contributed by atoms with E-state index in [1.165, 1.54) is 22.7 Å². The Balaban J connectivity index is 1.47. The van der Waals surface area contributed by atoms with Gasteiger partial charge in [0.15, 0.2) is 0 Å². The number of benzene rings is 3. The molecule has 0 aromatic heterocycles. The van der Waals surface area contributed by atoms with Crippen molar-refractivity contribution in [1.82, 2.24) is 5.43 Å². The van der Waals surface area contributed by atoms with Crippen LogP contribution in [0.5, 0.6) is 0 Å². The van der Waals surface area contributed by atoms with Crippen LogP contribution in [0.25, 0.3) is 0 Å². The molecule has 1 aliphatic heterocycles. The number of carbonyl (C=O) groups excluding carboxylic acids is 1. The lowest BCUT2D eigenvalue weighted by atomic mass is 10.1. The lowest BCUT2D eigenvalue weighted by Crippen LogP contribution is -2.36. The van der Waals surface area contributed by atoms with Crippen LogP contribution in [0.3, 0.4) is 0 Å². The van der Waals surface area contributed by atoms with Crippen LogP contribution in [0, 0.1) is 24.0 Å². The highest BCUT2D eigenvalue weighted by molar-refractivity contribution is 7.92. The minimum absolute atomic E-state index is 0.0793. The average Bonchev–Trinajstić information content (AvgIpc) is 2.93. The van der Waals surface area contributed by atoms with E-state index in [-0.39, 0.29) is 12.2 Å². The summed E-state index contributed by atoms with van der Waals surface area (Å²) in [4.78, 5) is 25.6. The molecule has 1 amide bonds. The van der Waals surface area contributed by atoms with E-state index >= 15 is 0 Å². The lowest BCUT2D eigenvalue weighted by Gasteiger charge is -2.29. The van der Waals surface area contributed by atoms with Crippen LogP contribution in [-0.4, -0.2) is 58.0 Å². The van der Waals surface area contributed by atoms with Crippen LogP contribution < -0.4 is 14.6 Å². The number of non-ortho nitro benzene ring substituents is 1. The summed E-state index contributed by atoms with van der Waals surface area (Å²) in [7, 11) is -3.55. The van der Waals surface area contributed by atoms with Gasteiger partial charge in [0.05, 0.1) is 42.8 Å². The van der Waals surface area contributed by atoms with Crippen LogP contribution in [0.1, 0.15) is 32.6 Å². The number of nitro benzene ring substituents is 1. The van der Waals surface area contributed by atoms with E-state index in [0.717, 1.165) is 23.1 Å². The molecular weight excluding hydrogens is 534 g/mol. The van der Waals surface area contributed by atoms with Gasteiger partial charge in [0, 0.05) is 42.0 Å². The van der Waals surface area contributed by atoms with Gasteiger partial charge in [-0.05, 0) is 60.9 Å². The van der Waals surface area contributed by atoms with Gasteiger partial charge >= 0.3 is 0 Å². The first-order valence-electron chi connectivity index (χ1n) is 12.6. The summed E-state index contributed by atoms with van der Waals surface area (Å²) in [5.74, 6) is -0.477. The number of ether oxygens (including phenoxy) is 1. The monoisotopic (exact) mass is 565 g/mol. The third kappa shape index (κ3) is 7.01. The zero-order valence-electron chi connectivity index (χ0n) is 22.5. The first-order chi connectivity index (χ1) is 19.0. The number of sulfonamides is 1. The molecule has 11 nitrogen and oxygen atoms in total. The van der Waals surface area contributed by atoms with Crippen molar-refractivity contribution >= 4 is 39.2 Å². The molecule has 0 aliphatic carbocycles. The van der Waals surface area contributed by atoms with Crippen LogP contribution in [0.2, 0.25) is 0 Å². The molecule has 40 heavy (non-hydrogen) atoms. The average molecular weight is 566 g/mol. The number of nitrogens with zero attached hydrogens (tertiary/aromatic N) is 4. The number of nitrogens with one attached hydrogen (secondary N) is 1. The minimum Gasteiger partial charge on any atom is -0.378 e. The topological polar surface area (TPSA) is 134 Å². The minimum atomic E-state index is -3.55. The quantitative estimate of drug-likeness (QED) is 0.237. The molecule has 0 saturated carbocycles. The smallest absolute Gasteiger partial charge is 0.271 e. The summed E-state index contributed by atoms with van der Waals surface area (Å²) < 4.78 is 31.8. The Bertz CT molecular complexity index is 1530. The summed E-state index contributed by atoms with van der Waals surface area (Å²) >= 11 is 0. The lowest BCUT2D eigenvalue weighted by molar-refractivity contribution is -0.384. The molecule has 1 N–H and O–H groups in total. The highest BCUT2D eigenvalue weighted by Gasteiger charge is 2.19. The van der Waals surface area contributed by atoms with Crippen LogP contribution in [-0.2, 0) is 21.3 Å².